The largest absolute Gasteiger partial charge is 4.00 e. The maximum absolute atomic E-state index is 10.1. The van der Waals surface area contributed by atoms with Gasteiger partial charge in [0, 0.05) is 5.75 Å². The van der Waals surface area contributed by atoms with Gasteiger partial charge in [-0.05, 0) is 6.92 Å². The fraction of sp³-hybridized carbons (Fsp3) is 0.154. The van der Waals surface area contributed by atoms with E-state index in [-0.39, 0.29) is 57.8 Å². The third kappa shape index (κ3) is 7.73. The molecule has 0 saturated heterocycles. The van der Waals surface area contributed by atoms with Crippen molar-refractivity contribution < 1.29 is 56.4 Å². The molecule has 0 heterocycles. The van der Waals surface area contributed by atoms with Crippen molar-refractivity contribution in [3.05, 3.63) is 53.6 Å². The number of phenolic OH excluding ortho intramolecular Hbond substituents is 1. The first-order valence-corrected chi connectivity index (χ1v) is 4.64. The fourth-order valence-corrected chi connectivity index (χ4v) is 1.08. The Morgan fingerprint density at radius 2 is 2.00 bits per heavy atom. The number of aromatic hydroxyl groups is 1. The van der Waals surface area contributed by atoms with Crippen LogP contribution in [-0.2, 0) is 26.5 Å². The Balaban J connectivity index is -0.000000245. The molecule has 0 spiro atoms. The summed E-state index contributed by atoms with van der Waals surface area (Å²) in [6.07, 6.45) is 11.6. The minimum atomic E-state index is 0. The number of phenols is 1. The summed E-state index contributed by atoms with van der Waals surface area (Å²) < 4.78 is 0. The predicted octanol–water partition coefficient (Wildman–Crippen LogP) is -3.53. The first kappa shape index (κ1) is 22.6. The standard InChI is InChI=1S/C8H7O2.C5H5.2ClH.Ti/c1-6-3-2-4-7(5-9)8(6)10;1-2-4-5-3-1;;;/h2-4,10H,1H3;1-3H,4H2;2*1H;/q2*-1;;;+4/p-2. The molecule has 1 aliphatic carbocycles. The Bertz CT molecular complexity index is 394. The van der Waals surface area contributed by atoms with Gasteiger partial charge in [0.1, 0.15) is 0 Å². The van der Waals surface area contributed by atoms with Crippen LogP contribution in [0.2, 0.25) is 0 Å². The van der Waals surface area contributed by atoms with Gasteiger partial charge in [0.05, 0.1) is 6.29 Å². The molecule has 1 aromatic carbocycles. The Morgan fingerprint density at radius 1 is 1.33 bits per heavy atom. The zero-order valence-electron chi connectivity index (χ0n) is 9.78. The molecule has 0 aliphatic heterocycles. The summed E-state index contributed by atoms with van der Waals surface area (Å²) in [7, 11) is 0. The second kappa shape index (κ2) is 12.9. The molecule has 0 amide bonds. The van der Waals surface area contributed by atoms with E-state index in [1.54, 1.807) is 25.3 Å². The number of aryl methyl sites for hydroxylation is 1. The van der Waals surface area contributed by atoms with Crippen molar-refractivity contribution in [1.82, 2.24) is 0 Å². The minimum Gasteiger partial charge on any atom is -1.00 e. The number of hydrogen-bond donors (Lipinski definition) is 1. The molecule has 0 atom stereocenters. The first-order chi connectivity index (χ1) is 7.25. The molecule has 1 aromatic rings. The third-order valence-electron chi connectivity index (χ3n) is 1.93. The molecule has 2 rings (SSSR count). The molecule has 0 radical (unpaired) electrons. The van der Waals surface area contributed by atoms with E-state index in [2.05, 4.69) is 12.2 Å². The Kier molecular flexibility index (Phi) is 16.2. The molecule has 0 bridgehead atoms. The second-order valence-corrected chi connectivity index (χ2v) is 3.08. The number of benzene rings is 1. The smallest absolute Gasteiger partial charge is 1.00 e. The maximum Gasteiger partial charge on any atom is 4.00 e. The molecule has 2 nitrogen and oxygen atoms in total. The van der Waals surface area contributed by atoms with Crippen LogP contribution in [0.15, 0.2) is 36.4 Å². The number of carbonyl (C=O) groups excluding carboxylic acids is 1. The molecular weight excluding hydrogens is 307 g/mol. The summed E-state index contributed by atoms with van der Waals surface area (Å²) in [5, 5.41) is 9.14. The molecular formula is C13H12Cl2O2Ti. The first-order valence-electron chi connectivity index (χ1n) is 4.64. The summed E-state index contributed by atoms with van der Waals surface area (Å²) in [6, 6.07) is 4.96. The molecule has 1 aliphatic rings. The van der Waals surface area contributed by atoms with Crippen molar-refractivity contribution in [3.8, 4) is 5.75 Å². The van der Waals surface area contributed by atoms with Gasteiger partial charge in [-0.3, -0.25) is 6.08 Å². The number of allylic oxidation sites excluding steroid dienone is 4. The molecule has 1 N–H and O–H groups in total. The summed E-state index contributed by atoms with van der Waals surface area (Å²) >= 11 is 0. The molecule has 0 unspecified atom stereocenters. The van der Waals surface area contributed by atoms with Crippen LogP contribution in [0, 0.1) is 13.0 Å². The van der Waals surface area contributed by atoms with Crippen LogP contribution in [0.4, 0.5) is 0 Å². The number of rotatable bonds is 1. The van der Waals surface area contributed by atoms with E-state index in [1.165, 1.54) is 6.07 Å². The van der Waals surface area contributed by atoms with Crippen LogP contribution in [0.25, 0.3) is 0 Å². The van der Waals surface area contributed by atoms with Crippen LogP contribution < -0.4 is 24.8 Å². The van der Waals surface area contributed by atoms with Gasteiger partial charge in [-0.2, -0.15) is 12.1 Å². The van der Waals surface area contributed by atoms with E-state index < -0.39 is 0 Å². The van der Waals surface area contributed by atoms with Gasteiger partial charge in [0.25, 0.3) is 0 Å². The van der Waals surface area contributed by atoms with Gasteiger partial charge in [-0.25, -0.2) is 12.2 Å². The topological polar surface area (TPSA) is 37.3 Å². The summed E-state index contributed by atoms with van der Waals surface area (Å²) in [6.45, 7) is 1.73. The van der Waals surface area contributed by atoms with Crippen molar-refractivity contribution in [2.45, 2.75) is 13.3 Å². The molecule has 0 aromatic heterocycles. The van der Waals surface area contributed by atoms with Gasteiger partial charge in [0.15, 0.2) is 0 Å². The van der Waals surface area contributed by atoms with Gasteiger partial charge in [0.2, 0.25) is 0 Å². The van der Waals surface area contributed by atoms with Gasteiger partial charge >= 0.3 is 21.7 Å². The predicted molar refractivity (Wildman–Crippen MR) is 59.2 cm³/mol. The SMILES string of the molecule is Cc1cccc([C-]=O)c1O.[C-]1=CC=CC1.[Cl-].[Cl-].[Ti+4]. The van der Waals surface area contributed by atoms with Crippen molar-refractivity contribution >= 4 is 6.29 Å². The van der Waals surface area contributed by atoms with Crippen molar-refractivity contribution in [2.75, 3.05) is 0 Å². The van der Waals surface area contributed by atoms with Crippen molar-refractivity contribution in [3.63, 3.8) is 0 Å². The third-order valence-corrected chi connectivity index (χ3v) is 1.93. The molecule has 0 fully saturated rings. The monoisotopic (exact) mass is 318 g/mol. The fourth-order valence-electron chi connectivity index (χ4n) is 1.08. The van der Waals surface area contributed by atoms with Crippen LogP contribution in [0.3, 0.4) is 0 Å². The second-order valence-electron chi connectivity index (χ2n) is 3.08. The zero-order valence-corrected chi connectivity index (χ0v) is 12.9. The number of halogens is 2. The number of hydrogen-bond acceptors (Lipinski definition) is 2. The van der Waals surface area contributed by atoms with E-state index in [4.69, 9.17) is 5.11 Å². The van der Waals surface area contributed by atoms with Gasteiger partial charge in [-0.15, -0.1) is 18.1 Å². The Hall–Kier alpha value is -0.536. The van der Waals surface area contributed by atoms with Crippen molar-refractivity contribution in [2.24, 2.45) is 0 Å². The normalized spacial score (nSPS) is 10.1. The minimum absolute atomic E-state index is 0. The molecule has 94 valence electrons. The van der Waals surface area contributed by atoms with Crippen LogP contribution in [0.5, 0.6) is 5.75 Å². The maximum atomic E-state index is 10.1. The van der Waals surface area contributed by atoms with E-state index in [0.717, 1.165) is 6.42 Å². The van der Waals surface area contributed by atoms with E-state index in [1.807, 2.05) is 12.2 Å². The van der Waals surface area contributed by atoms with E-state index in [9.17, 15) is 4.79 Å². The average Bonchev–Trinajstić information content (AvgIpc) is 2.80. The number of para-hydroxylation sites is 1. The molecule has 0 saturated carbocycles. The van der Waals surface area contributed by atoms with E-state index in [0.29, 0.717) is 5.56 Å². The summed E-state index contributed by atoms with van der Waals surface area (Å²) in [5.74, 6) is 0.0255. The van der Waals surface area contributed by atoms with Crippen LogP contribution >= 0.6 is 0 Å². The van der Waals surface area contributed by atoms with E-state index >= 15 is 0 Å². The van der Waals surface area contributed by atoms with Crippen LogP contribution in [0.1, 0.15) is 17.5 Å². The summed E-state index contributed by atoms with van der Waals surface area (Å²) in [5.41, 5.74) is 0.917. The van der Waals surface area contributed by atoms with Gasteiger partial charge < -0.3 is 34.7 Å². The van der Waals surface area contributed by atoms with Gasteiger partial charge in [-0.1, -0.05) is 11.6 Å². The zero-order chi connectivity index (χ0) is 11.1. The van der Waals surface area contributed by atoms with Crippen molar-refractivity contribution in [1.29, 1.82) is 0 Å². The molecule has 18 heavy (non-hydrogen) atoms. The summed E-state index contributed by atoms with van der Waals surface area (Å²) in [4.78, 5) is 10.1. The van der Waals surface area contributed by atoms with Crippen LogP contribution in [-0.4, -0.2) is 11.4 Å². The average molecular weight is 319 g/mol. The Labute approximate surface area is 135 Å². The molecule has 5 heteroatoms. The Morgan fingerprint density at radius 3 is 2.33 bits per heavy atom. The quantitative estimate of drug-likeness (QED) is 0.430.